The van der Waals surface area contributed by atoms with Crippen LogP contribution in [-0.4, -0.2) is 22.1 Å². The zero-order valence-corrected chi connectivity index (χ0v) is 14.3. The molecule has 0 saturated carbocycles. The smallest absolute Gasteiger partial charge is 0.253 e. The maximum atomic E-state index is 12.4. The Balaban J connectivity index is 1.95. The van der Waals surface area contributed by atoms with Crippen LogP contribution >= 0.6 is 11.6 Å². The van der Waals surface area contributed by atoms with E-state index in [9.17, 15) is 4.79 Å². The Bertz CT molecular complexity index is 1040. The number of H-pyrrole nitrogens is 1. The summed E-state index contributed by atoms with van der Waals surface area (Å²) >= 11 is 6.11. The SMILES string of the molecule is COc1nc(N[C@@H](C)c2cc3cccc(Cl)c3[nH]c2=O)ncc1C#N. The Morgan fingerprint density at radius 1 is 1.44 bits per heavy atom. The number of ether oxygens (including phenoxy) is 1. The number of fused-ring (bicyclic) bond motifs is 1. The van der Waals surface area contributed by atoms with Crippen molar-refractivity contribution in [1.29, 1.82) is 5.26 Å². The largest absolute Gasteiger partial charge is 0.480 e. The summed E-state index contributed by atoms with van der Waals surface area (Å²) in [6, 6.07) is 8.76. The van der Waals surface area contributed by atoms with E-state index < -0.39 is 0 Å². The Morgan fingerprint density at radius 3 is 2.96 bits per heavy atom. The lowest BCUT2D eigenvalue weighted by atomic mass is 10.1. The van der Waals surface area contributed by atoms with Gasteiger partial charge in [-0.1, -0.05) is 23.7 Å². The molecule has 0 aliphatic carbocycles. The van der Waals surface area contributed by atoms with Gasteiger partial charge in [-0.2, -0.15) is 10.2 Å². The monoisotopic (exact) mass is 355 g/mol. The minimum absolute atomic E-state index is 0.173. The quantitative estimate of drug-likeness (QED) is 0.745. The number of methoxy groups -OCH3 is 1. The number of halogens is 1. The molecule has 3 aromatic rings. The first kappa shape index (κ1) is 16.7. The molecule has 0 fully saturated rings. The summed E-state index contributed by atoms with van der Waals surface area (Å²) < 4.78 is 5.06. The lowest BCUT2D eigenvalue weighted by molar-refractivity contribution is 0.396. The van der Waals surface area contributed by atoms with E-state index in [1.807, 2.05) is 25.1 Å². The molecule has 1 aromatic carbocycles. The molecule has 2 N–H and O–H groups in total. The highest BCUT2D eigenvalue weighted by molar-refractivity contribution is 6.35. The van der Waals surface area contributed by atoms with Crippen LogP contribution in [0.3, 0.4) is 0 Å². The molecule has 0 radical (unpaired) electrons. The van der Waals surface area contributed by atoms with Crippen molar-refractivity contribution in [1.82, 2.24) is 15.0 Å². The molecule has 0 unspecified atom stereocenters. The molecule has 2 aromatic heterocycles. The van der Waals surface area contributed by atoms with Crippen molar-refractivity contribution in [2.75, 3.05) is 12.4 Å². The van der Waals surface area contributed by atoms with Crippen LogP contribution in [0.15, 0.2) is 35.3 Å². The van der Waals surface area contributed by atoms with Gasteiger partial charge in [-0.05, 0) is 19.1 Å². The highest BCUT2D eigenvalue weighted by Gasteiger charge is 2.15. The standard InChI is InChI=1S/C17H14ClN5O2/c1-9(21-17-20-8-11(7-19)16(23-17)25-2)12-6-10-4-3-5-13(18)14(10)22-15(12)24/h3-6,8-9H,1-2H3,(H,22,24)(H,20,21,23)/t9-/m0/s1. The molecule has 1 atom stereocenters. The molecule has 8 heteroatoms. The number of para-hydroxylation sites is 1. The van der Waals surface area contributed by atoms with Crippen LogP contribution in [0.1, 0.15) is 24.1 Å². The molecule has 25 heavy (non-hydrogen) atoms. The van der Waals surface area contributed by atoms with Gasteiger partial charge in [0.05, 0.1) is 29.9 Å². The summed E-state index contributed by atoms with van der Waals surface area (Å²) in [7, 11) is 1.42. The summed E-state index contributed by atoms with van der Waals surface area (Å²) in [5, 5.41) is 13.3. The molecule has 2 heterocycles. The van der Waals surface area contributed by atoms with E-state index in [1.165, 1.54) is 13.3 Å². The summed E-state index contributed by atoms with van der Waals surface area (Å²) in [5.41, 5.74) is 1.10. The fourth-order valence-corrected chi connectivity index (χ4v) is 2.70. The number of pyridine rings is 1. The van der Waals surface area contributed by atoms with Gasteiger partial charge in [-0.15, -0.1) is 0 Å². The minimum Gasteiger partial charge on any atom is -0.480 e. The number of anilines is 1. The zero-order valence-electron chi connectivity index (χ0n) is 13.5. The van der Waals surface area contributed by atoms with Gasteiger partial charge in [-0.3, -0.25) is 4.79 Å². The fraction of sp³-hybridized carbons (Fsp3) is 0.176. The summed E-state index contributed by atoms with van der Waals surface area (Å²) in [4.78, 5) is 23.4. The molecule has 0 bridgehead atoms. The second-order valence-electron chi connectivity index (χ2n) is 5.35. The van der Waals surface area contributed by atoms with Crippen LogP contribution < -0.4 is 15.6 Å². The summed E-state index contributed by atoms with van der Waals surface area (Å²) in [6.45, 7) is 1.81. The molecule has 0 spiro atoms. The van der Waals surface area contributed by atoms with Crippen molar-refractivity contribution in [2.24, 2.45) is 0 Å². The maximum absolute atomic E-state index is 12.4. The first-order valence-corrected chi connectivity index (χ1v) is 7.80. The molecule has 3 rings (SSSR count). The number of aromatic nitrogens is 3. The van der Waals surface area contributed by atoms with Gasteiger partial charge in [0.25, 0.3) is 5.56 Å². The van der Waals surface area contributed by atoms with E-state index in [0.717, 1.165) is 5.39 Å². The fourth-order valence-electron chi connectivity index (χ4n) is 2.47. The van der Waals surface area contributed by atoms with Gasteiger partial charge in [-0.25, -0.2) is 4.98 Å². The average Bonchev–Trinajstić information content (AvgIpc) is 2.61. The Morgan fingerprint density at radius 2 is 2.24 bits per heavy atom. The number of nitrogens with one attached hydrogen (secondary N) is 2. The molecule has 0 amide bonds. The number of benzene rings is 1. The average molecular weight is 356 g/mol. The van der Waals surface area contributed by atoms with Crippen LogP contribution in [-0.2, 0) is 0 Å². The summed E-state index contributed by atoms with van der Waals surface area (Å²) in [6.07, 6.45) is 1.37. The van der Waals surface area contributed by atoms with Gasteiger partial charge < -0.3 is 15.0 Å². The van der Waals surface area contributed by atoms with Gasteiger partial charge in [0.2, 0.25) is 11.8 Å². The van der Waals surface area contributed by atoms with Crippen molar-refractivity contribution in [3.05, 3.63) is 57.0 Å². The number of aromatic amines is 1. The molecular formula is C17H14ClN5O2. The first-order chi connectivity index (χ1) is 12.0. The third-order valence-electron chi connectivity index (χ3n) is 3.74. The Hall–Kier alpha value is -3.11. The van der Waals surface area contributed by atoms with Crippen LogP contribution in [0.5, 0.6) is 5.88 Å². The first-order valence-electron chi connectivity index (χ1n) is 7.42. The van der Waals surface area contributed by atoms with E-state index in [1.54, 1.807) is 12.1 Å². The Kier molecular flexibility index (Phi) is 4.55. The lowest BCUT2D eigenvalue weighted by Crippen LogP contribution is -2.20. The Labute approximate surface area is 148 Å². The van der Waals surface area contributed by atoms with Gasteiger partial charge in [0.15, 0.2) is 0 Å². The third kappa shape index (κ3) is 3.25. The van der Waals surface area contributed by atoms with Crippen molar-refractivity contribution >= 4 is 28.5 Å². The number of hydrogen-bond donors (Lipinski definition) is 2. The van der Waals surface area contributed by atoms with Gasteiger partial charge >= 0.3 is 0 Å². The van der Waals surface area contributed by atoms with E-state index >= 15 is 0 Å². The van der Waals surface area contributed by atoms with Crippen molar-refractivity contribution in [3.8, 4) is 11.9 Å². The van der Waals surface area contributed by atoms with E-state index in [0.29, 0.717) is 16.1 Å². The van der Waals surface area contributed by atoms with Crippen LogP contribution in [0.4, 0.5) is 5.95 Å². The predicted molar refractivity (Wildman–Crippen MR) is 94.9 cm³/mol. The van der Waals surface area contributed by atoms with Gasteiger partial charge in [0.1, 0.15) is 11.6 Å². The molecule has 0 saturated heterocycles. The zero-order chi connectivity index (χ0) is 18.0. The normalized spacial score (nSPS) is 11.8. The van der Waals surface area contributed by atoms with E-state index in [2.05, 4.69) is 20.3 Å². The van der Waals surface area contributed by atoms with Gasteiger partial charge in [0, 0.05) is 10.9 Å². The number of hydrogen-bond acceptors (Lipinski definition) is 6. The van der Waals surface area contributed by atoms with Crippen LogP contribution in [0.2, 0.25) is 5.02 Å². The second-order valence-corrected chi connectivity index (χ2v) is 5.76. The summed E-state index contributed by atoms with van der Waals surface area (Å²) in [5.74, 6) is 0.431. The van der Waals surface area contributed by atoms with Crippen molar-refractivity contribution < 1.29 is 4.74 Å². The molecule has 126 valence electrons. The number of nitrogens with zero attached hydrogens (tertiary/aromatic N) is 3. The lowest BCUT2D eigenvalue weighted by Gasteiger charge is -2.15. The number of nitriles is 1. The molecular weight excluding hydrogens is 342 g/mol. The molecule has 0 aliphatic rings. The van der Waals surface area contributed by atoms with E-state index in [4.69, 9.17) is 21.6 Å². The minimum atomic E-state index is -0.371. The van der Waals surface area contributed by atoms with E-state index in [-0.39, 0.29) is 29.0 Å². The third-order valence-corrected chi connectivity index (χ3v) is 4.05. The predicted octanol–water partition coefficient (Wildman–Crippen LogP) is 3.02. The number of rotatable bonds is 4. The highest BCUT2D eigenvalue weighted by atomic mass is 35.5. The van der Waals surface area contributed by atoms with Crippen molar-refractivity contribution in [2.45, 2.75) is 13.0 Å². The van der Waals surface area contributed by atoms with Crippen LogP contribution in [0, 0.1) is 11.3 Å². The maximum Gasteiger partial charge on any atom is 0.253 e. The van der Waals surface area contributed by atoms with Crippen LogP contribution in [0.25, 0.3) is 10.9 Å². The van der Waals surface area contributed by atoms with Crippen molar-refractivity contribution in [3.63, 3.8) is 0 Å². The molecule has 7 nitrogen and oxygen atoms in total. The topological polar surface area (TPSA) is 104 Å². The molecule has 0 aliphatic heterocycles. The highest BCUT2D eigenvalue weighted by Crippen LogP contribution is 2.23. The second kappa shape index (κ2) is 6.79.